The van der Waals surface area contributed by atoms with Gasteiger partial charge in [-0.1, -0.05) is 33.6 Å². The van der Waals surface area contributed by atoms with Crippen LogP contribution >= 0.6 is 0 Å². The topological polar surface area (TPSA) is 55.1 Å². The molecule has 4 atom stereocenters. The number of nitrogens with two attached hydrogens (primary N) is 1. The molecule has 0 radical (unpaired) electrons. The van der Waals surface area contributed by atoms with Crippen LogP contribution in [0.2, 0.25) is 0 Å². The molecule has 4 unspecified atom stereocenters. The standard InChI is InChI=1S/C15H30N2O/c1-4-7-14(5-2)17-15(18)11(3)12-8-6-9-13(16)10-12/h11-14H,4-10,16H2,1-3H3,(H,17,18). The van der Waals surface area contributed by atoms with Gasteiger partial charge in [-0.3, -0.25) is 4.79 Å². The normalized spacial score (nSPS) is 27.6. The molecule has 0 aromatic rings. The van der Waals surface area contributed by atoms with Crippen LogP contribution in [-0.2, 0) is 4.79 Å². The monoisotopic (exact) mass is 254 g/mol. The second kappa shape index (κ2) is 7.78. The van der Waals surface area contributed by atoms with E-state index in [4.69, 9.17) is 5.73 Å². The van der Waals surface area contributed by atoms with Crippen LogP contribution in [0, 0.1) is 11.8 Å². The summed E-state index contributed by atoms with van der Waals surface area (Å²) >= 11 is 0. The Morgan fingerprint density at radius 2 is 2.11 bits per heavy atom. The van der Waals surface area contributed by atoms with Crippen molar-refractivity contribution >= 4 is 5.91 Å². The molecule has 1 fully saturated rings. The molecule has 3 nitrogen and oxygen atoms in total. The molecule has 106 valence electrons. The van der Waals surface area contributed by atoms with E-state index in [0.717, 1.165) is 38.5 Å². The quantitative estimate of drug-likeness (QED) is 0.766. The summed E-state index contributed by atoms with van der Waals surface area (Å²) in [6, 6.07) is 0.652. The van der Waals surface area contributed by atoms with Crippen LogP contribution in [0.15, 0.2) is 0 Å². The van der Waals surface area contributed by atoms with Gasteiger partial charge in [-0.05, 0) is 38.0 Å². The highest BCUT2D eigenvalue weighted by Gasteiger charge is 2.29. The van der Waals surface area contributed by atoms with E-state index >= 15 is 0 Å². The molecular formula is C15H30N2O. The van der Waals surface area contributed by atoms with Gasteiger partial charge >= 0.3 is 0 Å². The van der Waals surface area contributed by atoms with Crippen molar-refractivity contribution in [2.24, 2.45) is 17.6 Å². The van der Waals surface area contributed by atoms with E-state index in [1.165, 1.54) is 6.42 Å². The maximum atomic E-state index is 12.2. The van der Waals surface area contributed by atoms with Crippen molar-refractivity contribution in [3.05, 3.63) is 0 Å². The van der Waals surface area contributed by atoms with Gasteiger partial charge in [0.25, 0.3) is 0 Å². The average molecular weight is 254 g/mol. The smallest absolute Gasteiger partial charge is 0.223 e. The zero-order chi connectivity index (χ0) is 13.5. The lowest BCUT2D eigenvalue weighted by Crippen LogP contribution is -2.42. The third kappa shape index (κ3) is 4.60. The molecule has 0 aromatic heterocycles. The lowest BCUT2D eigenvalue weighted by molar-refractivity contribution is -0.127. The van der Waals surface area contributed by atoms with Crippen molar-refractivity contribution in [1.29, 1.82) is 0 Å². The molecular weight excluding hydrogens is 224 g/mol. The Labute approximate surface area is 112 Å². The number of carbonyl (C=O) groups excluding carboxylic acids is 1. The molecule has 1 rings (SSSR count). The van der Waals surface area contributed by atoms with Crippen molar-refractivity contribution in [2.75, 3.05) is 0 Å². The Morgan fingerprint density at radius 3 is 2.67 bits per heavy atom. The SMILES string of the molecule is CCCC(CC)NC(=O)C(C)C1CCCC(N)C1. The average Bonchev–Trinajstić information content (AvgIpc) is 2.37. The summed E-state index contributed by atoms with van der Waals surface area (Å²) in [7, 11) is 0. The first kappa shape index (κ1) is 15.5. The van der Waals surface area contributed by atoms with E-state index < -0.39 is 0 Å². The van der Waals surface area contributed by atoms with Gasteiger partial charge in [0.2, 0.25) is 5.91 Å². The predicted octanol–water partition coefficient (Wildman–Crippen LogP) is 2.83. The van der Waals surface area contributed by atoms with Crippen molar-refractivity contribution in [2.45, 2.75) is 77.8 Å². The predicted molar refractivity (Wildman–Crippen MR) is 76.2 cm³/mol. The number of carbonyl (C=O) groups is 1. The molecule has 0 saturated heterocycles. The minimum absolute atomic E-state index is 0.113. The first-order valence-electron chi connectivity index (χ1n) is 7.64. The highest BCUT2D eigenvalue weighted by atomic mass is 16.1. The van der Waals surface area contributed by atoms with Crippen LogP contribution in [-0.4, -0.2) is 18.0 Å². The maximum Gasteiger partial charge on any atom is 0.223 e. The van der Waals surface area contributed by atoms with Gasteiger partial charge in [0.15, 0.2) is 0 Å². The Bertz CT molecular complexity index is 255. The second-order valence-electron chi connectivity index (χ2n) is 5.88. The van der Waals surface area contributed by atoms with Crippen molar-refractivity contribution < 1.29 is 4.79 Å². The van der Waals surface area contributed by atoms with Gasteiger partial charge in [0, 0.05) is 18.0 Å². The molecule has 0 heterocycles. The maximum absolute atomic E-state index is 12.2. The van der Waals surface area contributed by atoms with Crippen molar-refractivity contribution in [3.63, 3.8) is 0 Å². The van der Waals surface area contributed by atoms with Crippen LogP contribution in [0.1, 0.15) is 65.7 Å². The van der Waals surface area contributed by atoms with Gasteiger partial charge in [-0.15, -0.1) is 0 Å². The number of amides is 1. The fraction of sp³-hybridized carbons (Fsp3) is 0.933. The first-order valence-corrected chi connectivity index (χ1v) is 7.64. The van der Waals surface area contributed by atoms with E-state index in [1.807, 2.05) is 0 Å². The lowest BCUT2D eigenvalue weighted by atomic mass is 9.78. The molecule has 0 aromatic carbocycles. The van der Waals surface area contributed by atoms with Gasteiger partial charge in [0.05, 0.1) is 0 Å². The highest BCUT2D eigenvalue weighted by Crippen LogP contribution is 2.29. The third-order valence-electron chi connectivity index (χ3n) is 4.35. The van der Waals surface area contributed by atoms with Crippen LogP contribution in [0.4, 0.5) is 0 Å². The molecule has 1 amide bonds. The van der Waals surface area contributed by atoms with E-state index in [-0.39, 0.29) is 11.8 Å². The summed E-state index contributed by atoms with van der Waals surface area (Å²) in [6.45, 7) is 6.37. The van der Waals surface area contributed by atoms with E-state index in [9.17, 15) is 4.79 Å². The van der Waals surface area contributed by atoms with E-state index in [1.54, 1.807) is 0 Å². The van der Waals surface area contributed by atoms with Crippen molar-refractivity contribution in [3.8, 4) is 0 Å². The lowest BCUT2D eigenvalue weighted by Gasteiger charge is -2.31. The van der Waals surface area contributed by atoms with Gasteiger partial charge in [-0.25, -0.2) is 0 Å². The summed E-state index contributed by atoms with van der Waals surface area (Å²) in [5.41, 5.74) is 6.01. The summed E-state index contributed by atoms with van der Waals surface area (Å²) in [4.78, 5) is 12.2. The number of rotatable bonds is 6. The number of hydrogen-bond donors (Lipinski definition) is 2. The van der Waals surface area contributed by atoms with Crippen LogP contribution < -0.4 is 11.1 Å². The highest BCUT2D eigenvalue weighted by molar-refractivity contribution is 5.78. The van der Waals surface area contributed by atoms with Gasteiger partial charge < -0.3 is 11.1 Å². The molecule has 3 N–H and O–H groups in total. The third-order valence-corrected chi connectivity index (χ3v) is 4.35. The first-order chi connectivity index (χ1) is 8.58. The van der Waals surface area contributed by atoms with Crippen LogP contribution in [0.5, 0.6) is 0 Å². The molecule has 1 aliphatic rings. The zero-order valence-corrected chi connectivity index (χ0v) is 12.2. The number of hydrogen-bond acceptors (Lipinski definition) is 2. The van der Waals surface area contributed by atoms with E-state index in [2.05, 4.69) is 26.1 Å². The summed E-state index contributed by atoms with van der Waals surface area (Å²) in [5.74, 6) is 0.824. The van der Waals surface area contributed by atoms with Crippen molar-refractivity contribution in [1.82, 2.24) is 5.32 Å². The Kier molecular flexibility index (Phi) is 6.69. The Hall–Kier alpha value is -0.570. The molecule has 18 heavy (non-hydrogen) atoms. The molecule has 0 spiro atoms. The second-order valence-corrected chi connectivity index (χ2v) is 5.88. The molecule has 3 heteroatoms. The fourth-order valence-corrected chi connectivity index (χ4v) is 2.99. The fourth-order valence-electron chi connectivity index (χ4n) is 2.99. The zero-order valence-electron chi connectivity index (χ0n) is 12.2. The molecule has 1 saturated carbocycles. The van der Waals surface area contributed by atoms with Gasteiger partial charge in [0.1, 0.15) is 0 Å². The van der Waals surface area contributed by atoms with Crippen LogP contribution in [0.25, 0.3) is 0 Å². The van der Waals surface area contributed by atoms with E-state index in [0.29, 0.717) is 18.0 Å². The summed E-state index contributed by atoms with van der Waals surface area (Å²) in [6.07, 6.45) is 7.71. The Balaban J connectivity index is 2.44. The Morgan fingerprint density at radius 1 is 1.39 bits per heavy atom. The van der Waals surface area contributed by atoms with Gasteiger partial charge in [-0.2, -0.15) is 0 Å². The molecule has 1 aliphatic carbocycles. The molecule has 0 bridgehead atoms. The molecule has 0 aliphatic heterocycles. The minimum Gasteiger partial charge on any atom is -0.353 e. The minimum atomic E-state index is 0.113. The number of nitrogens with one attached hydrogen (secondary N) is 1. The van der Waals surface area contributed by atoms with Crippen LogP contribution in [0.3, 0.4) is 0 Å². The largest absolute Gasteiger partial charge is 0.353 e. The summed E-state index contributed by atoms with van der Waals surface area (Å²) < 4.78 is 0. The summed E-state index contributed by atoms with van der Waals surface area (Å²) in [5, 5.41) is 3.20.